The van der Waals surface area contributed by atoms with Crippen molar-refractivity contribution in [1.29, 1.82) is 0 Å². The van der Waals surface area contributed by atoms with Gasteiger partial charge in [0.25, 0.3) is 0 Å². The molecule has 0 amide bonds. The van der Waals surface area contributed by atoms with Crippen molar-refractivity contribution < 1.29 is 9.90 Å². The van der Waals surface area contributed by atoms with Crippen LogP contribution in [-0.4, -0.2) is 72.2 Å². The quantitative estimate of drug-likeness (QED) is 0.715. The molecule has 0 saturated carbocycles. The normalized spacial score (nSPS) is 29.9. The van der Waals surface area contributed by atoms with E-state index in [1.165, 1.54) is 0 Å². The third kappa shape index (κ3) is 2.46. The first-order chi connectivity index (χ1) is 8.07. The standard InChI is InChI=1S/C12H23N3O2/c1-3-10-7-15(5-4-14(10)2)12(6-11(16)17)8-13-9-12/h10,13H,3-9H2,1-2H3,(H,16,17). The highest BCUT2D eigenvalue weighted by Crippen LogP contribution is 2.27. The Labute approximate surface area is 103 Å². The zero-order chi connectivity index (χ0) is 12.5. The van der Waals surface area contributed by atoms with Crippen molar-refractivity contribution in [3.63, 3.8) is 0 Å². The average molecular weight is 241 g/mol. The van der Waals surface area contributed by atoms with Crippen LogP contribution in [-0.2, 0) is 4.79 Å². The number of carboxylic acids is 1. The predicted molar refractivity (Wildman–Crippen MR) is 66.1 cm³/mol. The molecule has 1 atom stereocenters. The molecule has 0 bridgehead atoms. The number of hydrogen-bond acceptors (Lipinski definition) is 4. The summed E-state index contributed by atoms with van der Waals surface area (Å²) in [6.07, 6.45) is 1.39. The van der Waals surface area contributed by atoms with E-state index in [1.807, 2.05) is 0 Å². The van der Waals surface area contributed by atoms with Crippen molar-refractivity contribution in [3.05, 3.63) is 0 Å². The van der Waals surface area contributed by atoms with E-state index in [0.29, 0.717) is 6.04 Å². The molecule has 0 aliphatic carbocycles. The van der Waals surface area contributed by atoms with Crippen LogP contribution >= 0.6 is 0 Å². The molecule has 0 aromatic heterocycles. The topological polar surface area (TPSA) is 55.8 Å². The molecule has 1 unspecified atom stereocenters. The second-order valence-electron chi connectivity index (χ2n) is 5.39. The Bertz CT molecular complexity index is 291. The van der Waals surface area contributed by atoms with E-state index in [0.717, 1.165) is 39.1 Å². The smallest absolute Gasteiger partial charge is 0.305 e. The van der Waals surface area contributed by atoms with E-state index in [2.05, 4.69) is 29.1 Å². The van der Waals surface area contributed by atoms with Crippen LogP contribution < -0.4 is 5.32 Å². The molecule has 98 valence electrons. The van der Waals surface area contributed by atoms with Gasteiger partial charge in [-0.25, -0.2) is 0 Å². The van der Waals surface area contributed by atoms with Crippen LogP contribution in [0.15, 0.2) is 0 Å². The summed E-state index contributed by atoms with van der Waals surface area (Å²) in [5.41, 5.74) is -0.124. The highest BCUT2D eigenvalue weighted by Gasteiger charge is 2.46. The maximum atomic E-state index is 11.0. The number of carbonyl (C=O) groups is 1. The molecule has 2 rings (SSSR count). The Kier molecular flexibility index (Phi) is 3.70. The lowest BCUT2D eigenvalue weighted by molar-refractivity contribution is -0.143. The van der Waals surface area contributed by atoms with Gasteiger partial charge in [0.1, 0.15) is 0 Å². The maximum absolute atomic E-state index is 11.0. The number of carboxylic acid groups (broad SMARTS) is 1. The summed E-state index contributed by atoms with van der Waals surface area (Å²) < 4.78 is 0. The lowest BCUT2D eigenvalue weighted by Gasteiger charge is -2.54. The molecular formula is C12H23N3O2. The van der Waals surface area contributed by atoms with Crippen LogP contribution in [0.1, 0.15) is 19.8 Å². The molecule has 2 aliphatic rings. The van der Waals surface area contributed by atoms with Crippen LogP contribution in [0.2, 0.25) is 0 Å². The largest absolute Gasteiger partial charge is 0.481 e. The van der Waals surface area contributed by atoms with Gasteiger partial charge in [-0.05, 0) is 13.5 Å². The Balaban J connectivity index is 2.03. The van der Waals surface area contributed by atoms with Crippen molar-refractivity contribution in [3.8, 4) is 0 Å². The predicted octanol–water partition coefficient (Wildman–Crippen LogP) is -0.171. The third-order valence-corrected chi connectivity index (χ3v) is 4.31. The lowest BCUT2D eigenvalue weighted by Crippen LogP contribution is -2.73. The maximum Gasteiger partial charge on any atom is 0.305 e. The molecule has 17 heavy (non-hydrogen) atoms. The Morgan fingerprint density at radius 2 is 2.18 bits per heavy atom. The van der Waals surface area contributed by atoms with Gasteiger partial charge >= 0.3 is 5.97 Å². The summed E-state index contributed by atoms with van der Waals surface area (Å²) in [5.74, 6) is -0.682. The van der Waals surface area contributed by atoms with Crippen LogP contribution in [0.4, 0.5) is 0 Å². The fourth-order valence-electron chi connectivity index (χ4n) is 2.97. The molecule has 2 heterocycles. The van der Waals surface area contributed by atoms with Gasteiger partial charge in [-0.2, -0.15) is 0 Å². The number of hydrogen-bond donors (Lipinski definition) is 2. The zero-order valence-corrected chi connectivity index (χ0v) is 10.8. The fourth-order valence-corrected chi connectivity index (χ4v) is 2.97. The molecule has 0 spiro atoms. The number of piperazine rings is 1. The van der Waals surface area contributed by atoms with Crippen LogP contribution in [0, 0.1) is 0 Å². The van der Waals surface area contributed by atoms with E-state index < -0.39 is 5.97 Å². The number of likely N-dealkylation sites (N-methyl/N-ethyl adjacent to an activating group) is 1. The Morgan fingerprint density at radius 3 is 2.65 bits per heavy atom. The molecule has 2 fully saturated rings. The van der Waals surface area contributed by atoms with Crippen molar-refractivity contribution >= 4 is 5.97 Å². The van der Waals surface area contributed by atoms with Gasteiger partial charge in [0.05, 0.1) is 12.0 Å². The van der Waals surface area contributed by atoms with Gasteiger partial charge in [0.2, 0.25) is 0 Å². The summed E-state index contributed by atoms with van der Waals surface area (Å²) in [6.45, 7) is 6.87. The van der Waals surface area contributed by atoms with Gasteiger partial charge in [-0.1, -0.05) is 6.92 Å². The molecule has 0 aromatic carbocycles. The van der Waals surface area contributed by atoms with Crippen molar-refractivity contribution in [2.75, 3.05) is 39.8 Å². The minimum Gasteiger partial charge on any atom is -0.481 e. The number of rotatable bonds is 4. The first kappa shape index (κ1) is 12.8. The van der Waals surface area contributed by atoms with Crippen molar-refractivity contribution in [2.45, 2.75) is 31.3 Å². The molecule has 5 nitrogen and oxygen atoms in total. The van der Waals surface area contributed by atoms with Gasteiger partial charge < -0.3 is 15.3 Å². The fraction of sp³-hybridized carbons (Fsp3) is 0.917. The van der Waals surface area contributed by atoms with E-state index in [4.69, 9.17) is 5.11 Å². The summed E-state index contributed by atoms with van der Waals surface area (Å²) in [4.78, 5) is 15.8. The molecule has 2 N–H and O–H groups in total. The summed E-state index contributed by atoms with van der Waals surface area (Å²) in [5, 5.41) is 12.3. The zero-order valence-electron chi connectivity index (χ0n) is 10.8. The van der Waals surface area contributed by atoms with Gasteiger partial charge in [0, 0.05) is 38.8 Å². The van der Waals surface area contributed by atoms with Gasteiger partial charge in [-0.3, -0.25) is 9.69 Å². The van der Waals surface area contributed by atoms with E-state index in [1.54, 1.807) is 0 Å². The molecule has 0 aromatic rings. The lowest BCUT2D eigenvalue weighted by atomic mass is 9.85. The monoisotopic (exact) mass is 241 g/mol. The van der Waals surface area contributed by atoms with Gasteiger partial charge in [-0.15, -0.1) is 0 Å². The first-order valence-electron chi connectivity index (χ1n) is 6.45. The number of nitrogens with one attached hydrogen (secondary N) is 1. The molecule has 2 saturated heterocycles. The number of nitrogens with zero attached hydrogens (tertiary/aromatic N) is 2. The van der Waals surface area contributed by atoms with Crippen LogP contribution in [0.5, 0.6) is 0 Å². The summed E-state index contributed by atoms with van der Waals surface area (Å²) >= 11 is 0. The Hall–Kier alpha value is -0.650. The highest BCUT2D eigenvalue weighted by molar-refractivity contribution is 5.68. The van der Waals surface area contributed by atoms with Crippen LogP contribution in [0.3, 0.4) is 0 Å². The van der Waals surface area contributed by atoms with Crippen molar-refractivity contribution in [2.24, 2.45) is 0 Å². The van der Waals surface area contributed by atoms with Crippen LogP contribution in [0.25, 0.3) is 0 Å². The second-order valence-corrected chi connectivity index (χ2v) is 5.39. The molecular weight excluding hydrogens is 218 g/mol. The minimum atomic E-state index is -0.682. The second kappa shape index (κ2) is 4.92. The van der Waals surface area contributed by atoms with Gasteiger partial charge in [0.15, 0.2) is 0 Å². The first-order valence-corrected chi connectivity index (χ1v) is 6.45. The van der Waals surface area contributed by atoms with E-state index >= 15 is 0 Å². The SMILES string of the molecule is CCC1CN(C2(CC(=O)O)CNC2)CCN1C. The third-order valence-electron chi connectivity index (χ3n) is 4.31. The van der Waals surface area contributed by atoms with Crippen molar-refractivity contribution in [1.82, 2.24) is 15.1 Å². The Morgan fingerprint density at radius 1 is 1.47 bits per heavy atom. The minimum absolute atomic E-state index is 0.124. The summed E-state index contributed by atoms with van der Waals surface area (Å²) in [6, 6.07) is 0.565. The summed E-state index contributed by atoms with van der Waals surface area (Å²) in [7, 11) is 2.16. The molecule has 2 aliphatic heterocycles. The number of aliphatic carboxylic acids is 1. The van der Waals surface area contributed by atoms with E-state index in [9.17, 15) is 4.79 Å². The highest BCUT2D eigenvalue weighted by atomic mass is 16.4. The van der Waals surface area contributed by atoms with E-state index in [-0.39, 0.29) is 12.0 Å². The molecule has 0 radical (unpaired) electrons. The average Bonchev–Trinajstić information content (AvgIpc) is 2.24. The molecule has 5 heteroatoms.